The van der Waals surface area contributed by atoms with Gasteiger partial charge in [-0.2, -0.15) is 0 Å². The molecule has 1 N–H and O–H groups in total. The van der Waals surface area contributed by atoms with Gasteiger partial charge in [0.1, 0.15) is 0 Å². The number of aryl methyl sites for hydroxylation is 2. The maximum atomic E-state index is 3.32. The first kappa shape index (κ1) is 17.1. The van der Waals surface area contributed by atoms with Gasteiger partial charge in [0.05, 0.1) is 0 Å². The lowest BCUT2D eigenvalue weighted by Gasteiger charge is -2.17. The number of rotatable bonds is 9. The summed E-state index contributed by atoms with van der Waals surface area (Å²) < 4.78 is 0. The van der Waals surface area contributed by atoms with Crippen LogP contribution in [0.1, 0.15) is 69.1 Å². The number of hydrogen-bond acceptors (Lipinski definition) is 1. The van der Waals surface area contributed by atoms with Crippen molar-refractivity contribution in [1.29, 1.82) is 0 Å². The van der Waals surface area contributed by atoms with E-state index in [0.29, 0.717) is 0 Å². The lowest BCUT2D eigenvalue weighted by Crippen LogP contribution is -2.04. The van der Waals surface area contributed by atoms with Gasteiger partial charge in [0.15, 0.2) is 0 Å². The molecule has 0 saturated carbocycles. The monoisotopic (exact) mass is 275 g/mol. The van der Waals surface area contributed by atoms with Gasteiger partial charge in [0, 0.05) is 12.7 Å². The second-order valence-electron chi connectivity index (χ2n) is 6.16. The van der Waals surface area contributed by atoms with Crippen LogP contribution in [0, 0.1) is 19.8 Å². The van der Waals surface area contributed by atoms with Crippen molar-refractivity contribution in [2.24, 2.45) is 5.92 Å². The number of hydrogen-bond donors (Lipinski definition) is 1. The lowest BCUT2D eigenvalue weighted by molar-refractivity contribution is 0.416. The number of anilines is 1. The van der Waals surface area contributed by atoms with Crippen molar-refractivity contribution in [3.05, 3.63) is 28.8 Å². The van der Waals surface area contributed by atoms with Gasteiger partial charge in [-0.25, -0.2) is 0 Å². The highest BCUT2D eigenvalue weighted by Crippen LogP contribution is 2.25. The number of benzene rings is 1. The molecule has 114 valence electrons. The molecule has 20 heavy (non-hydrogen) atoms. The summed E-state index contributed by atoms with van der Waals surface area (Å²) in [6.07, 6.45) is 9.44. The molecule has 1 nitrogen and oxygen atoms in total. The summed E-state index contributed by atoms with van der Waals surface area (Å²) >= 11 is 0. The Hall–Kier alpha value is -0.980. The third-order valence-corrected chi connectivity index (χ3v) is 4.54. The van der Waals surface area contributed by atoms with Crippen LogP contribution >= 0.6 is 0 Å². The Bertz CT molecular complexity index is 395. The molecule has 1 heteroatoms. The molecule has 1 atom stereocenters. The highest BCUT2D eigenvalue weighted by Gasteiger charge is 2.09. The summed E-state index contributed by atoms with van der Waals surface area (Å²) in [4.78, 5) is 0. The smallest absolute Gasteiger partial charge is 0.0372 e. The predicted molar refractivity (Wildman–Crippen MR) is 91.7 cm³/mol. The summed E-state index contributed by atoms with van der Waals surface area (Å²) in [6, 6.07) is 4.62. The minimum atomic E-state index is 0.902. The van der Waals surface area contributed by atoms with Crippen molar-refractivity contribution in [2.45, 2.75) is 72.6 Å². The minimum absolute atomic E-state index is 0.902. The van der Waals surface area contributed by atoms with E-state index in [2.05, 4.69) is 45.1 Å². The Morgan fingerprint density at radius 3 is 2.40 bits per heavy atom. The van der Waals surface area contributed by atoms with Crippen LogP contribution in [0.5, 0.6) is 0 Å². The van der Waals surface area contributed by atoms with E-state index in [9.17, 15) is 0 Å². The van der Waals surface area contributed by atoms with Gasteiger partial charge in [-0.3, -0.25) is 0 Å². The summed E-state index contributed by atoms with van der Waals surface area (Å²) in [5.74, 6) is 0.902. The van der Waals surface area contributed by atoms with Crippen LogP contribution in [0.25, 0.3) is 0 Å². The zero-order chi connectivity index (χ0) is 15.0. The zero-order valence-electron chi connectivity index (χ0n) is 14.2. The van der Waals surface area contributed by atoms with Crippen LogP contribution in [0.3, 0.4) is 0 Å². The maximum Gasteiger partial charge on any atom is 0.0372 e. The van der Waals surface area contributed by atoms with Crippen LogP contribution in [-0.2, 0) is 6.42 Å². The van der Waals surface area contributed by atoms with E-state index in [0.717, 1.165) is 5.92 Å². The van der Waals surface area contributed by atoms with Crippen LogP contribution in [0.15, 0.2) is 12.1 Å². The molecule has 0 radical (unpaired) electrons. The number of nitrogens with one attached hydrogen (secondary N) is 1. The lowest BCUT2D eigenvalue weighted by atomic mass is 9.90. The van der Waals surface area contributed by atoms with E-state index in [4.69, 9.17) is 0 Å². The highest BCUT2D eigenvalue weighted by molar-refractivity contribution is 5.55. The van der Waals surface area contributed by atoms with Crippen molar-refractivity contribution >= 4 is 5.69 Å². The molecular weight excluding hydrogens is 242 g/mol. The molecule has 0 heterocycles. The van der Waals surface area contributed by atoms with Crippen LogP contribution in [0.4, 0.5) is 5.69 Å². The molecule has 0 aliphatic carbocycles. The van der Waals surface area contributed by atoms with Crippen molar-refractivity contribution in [1.82, 2.24) is 0 Å². The van der Waals surface area contributed by atoms with Crippen molar-refractivity contribution in [3.63, 3.8) is 0 Å². The van der Waals surface area contributed by atoms with Crippen molar-refractivity contribution in [3.8, 4) is 0 Å². The molecular formula is C19H33N. The molecule has 0 aliphatic heterocycles. The fourth-order valence-electron chi connectivity index (χ4n) is 3.05. The van der Waals surface area contributed by atoms with Crippen LogP contribution in [0.2, 0.25) is 0 Å². The maximum absolute atomic E-state index is 3.32. The van der Waals surface area contributed by atoms with E-state index in [1.807, 2.05) is 7.05 Å². The average Bonchev–Trinajstić information content (AvgIpc) is 2.45. The molecule has 0 aliphatic rings. The topological polar surface area (TPSA) is 12.0 Å². The summed E-state index contributed by atoms with van der Waals surface area (Å²) in [5.41, 5.74) is 5.62. The molecule has 1 unspecified atom stereocenters. The van der Waals surface area contributed by atoms with E-state index >= 15 is 0 Å². The Balaban J connectivity index is 2.61. The van der Waals surface area contributed by atoms with E-state index in [1.165, 1.54) is 67.3 Å². The molecule has 0 spiro atoms. The Morgan fingerprint density at radius 1 is 1.05 bits per heavy atom. The first-order valence-corrected chi connectivity index (χ1v) is 8.40. The second-order valence-corrected chi connectivity index (χ2v) is 6.16. The van der Waals surface area contributed by atoms with Crippen molar-refractivity contribution < 1.29 is 0 Å². The molecule has 0 aromatic heterocycles. The highest BCUT2D eigenvalue weighted by atomic mass is 14.8. The van der Waals surface area contributed by atoms with Gasteiger partial charge in [0.2, 0.25) is 0 Å². The van der Waals surface area contributed by atoms with Crippen molar-refractivity contribution in [2.75, 3.05) is 12.4 Å². The first-order valence-electron chi connectivity index (χ1n) is 8.40. The molecule has 0 bridgehead atoms. The molecule has 1 rings (SSSR count). The van der Waals surface area contributed by atoms with Gasteiger partial charge in [-0.05, 0) is 55.4 Å². The Kier molecular flexibility index (Phi) is 7.72. The van der Waals surface area contributed by atoms with Gasteiger partial charge in [-0.15, -0.1) is 0 Å². The van der Waals surface area contributed by atoms with Gasteiger partial charge < -0.3 is 5.32 Å². The third-order valence-electron chi connectivity index (χ3n) is 4.54. The molecule has 1 aromatic carbocycles. The van der Waals surface area contributed by atoms with Crippen LogP contribution in [-0.4, -0.2) is 7.05 Å². The summed E-state index contributed by atoms with van der Waals surface area (Å²) in [6.45, 7) is 9.08. The molecule has 1 aromatic rings. The fourth-order valence-corrected chi connectivity index (χ4v) is 3.05. The van der Waals surface area contributed by atoms with Gasteiger partial charge in [0.25, 0.3) is 0 Å². The Morgan fingerprint density at radius 2 is 1.80 bits per heavy atom. The molecule has 0 saturated heterocycles. The van der Waals surface area contributed by atoms with E-state index in [1.54, 1.807) is 0 Å². The van der Waals surface area contributed by atoms with E-state index in [-0.39, 0.29) is 0 Å². The summed E-state index contributed by atoms with van der Waals surface area (Å²) in [7, 11) is 2.02. The standard InChI is InChI=1S/C19H33N/c1-6-8-9-10-17(7-2)11-12-18-13-15(3)14-19(20-5)16(18)4/h13-14,17,20H,6-12H2,1-5H3. The second kappa shape index (κ2) is 9.05. The average molecular weight is 275 g/mol. The van der Waals surface area contributed by atoms with Gasteiger partial charge in [-0.1, -0.05) is 52.0 Å². The fraction of sp³-hybridized carbons (Fsp3) is 0.684. The van der Waals surface area contributed by atoms with Gasteiger partial charge >= 0.3 is 0 Å². The van der Waals surface area contributed by atoms with E-state index < -0.39 is 0 Å². The minimum Gasteiger partial charge on any atom is -0.388 e. The predicted octanol–water partition coefficient (Wildman–Crippen LogP) is 5.88. The number of unbranched alkanes of at least 4 members (excludes halogenated alkanes) is 2. The largest absolute Gasteiger partial charge is 0.388 e. The first-order chi connectivity index (χ1) is 9.62. The molecule has 0 amide bonds. The molecule has 0 fully saturated rings. The normalized spacial score (nSPS) is 12.4. The Labute approximate surface area is 126 Å². The quantitative estimate of drug-likeness (QED) is 0.554. The SMILES string of the molecule is CCCCCC(CC)CCc1cc(C)cc(NC)c1C. The third kappa shape index (κ3) is 5.19. The van der Waals surface area contributed by atoms with Crippen LogP contribution < -0.4 is 5.32 Å². The zero-order valence-corrected chi connectivity index (χ0v) is 14.2. The summed E-state index contributed by atoms with van der Waals surface area (Å²) in [5, 5.41) is 3.32.